The van der Waals surface area contributed by atoms with Gasteiger partial charge in [0, 0.05) is 13.2 Å². The Kier molecular flexibility index (Phi) is 5.55. The van der Waals surface area contributed by atoms with E-state index >= 15 is 0 Å². The Morgan fingerprint density at radius 1 is 1.36 bits per heavy atom. The molecule has 12 heteroatoms. The first-order valence-electron chi connectivity index (χ1n) is 8.93. The van der Waals surface area contributed by atoms with Crippen LogP contribution in [0.3, 0.4) is 0 Å². The van der Waals surface area contributed by atoms with Crippen LogP contribution in [-0.4, -0.2) is 86.1 Å². The van der Waals surface area contributed by atoms with Gasteiger partial charge in [-0.3, -0.25) is 4.57 Å². The van der Waals surface area contributed by atoms with Gasteiger partial charge in [0.2, 0.25) is 0 Å². The highest BCUT2D eigenvalue weighted by molar-refractivity contribution is 7.80. The SMILES string of the molecule is COC(=S)NC[C@H]1OC(n2cnc3c(N[C@@H]4CCOC4)ncnc32)[C@H](O)[C@@H]1O. The van der Waals surface area contributed by atoms with E-state index in [-0.39, 0.29) is 17.8 Å². The number of imidazole rings is 1. The van der Waals surface area contributed by atoms with Crippen LogP contribution < -0.4 is 10.6 Å². The molecule has 2 fully saturated rings. The van der Waals surface area contributed by atoms with Gasteiger partial charge in [-0.05, 0) is 18.6 Å². The summed E-state index contributed by atoms with van der Waals surface area (Å²) in [6.07, 6.45) is 0.0415. The average molecular weight is 410 g/mol. The van der Waals surface area contributed by atoms with Gasteiger partial charge in [0.25, 0.3) is 5.17 Å². The maximum absolute atomic E-state index is 10.5. The predicted octanol–water partition coefficient (Wildman–Crippen LogP) is -0.833. The van der Waals surface area contributed by atoms with Gasteiger partial charge in [-0.1, -0.05) is 0 Å². The number of methoxy groups -OCH3 is 1. The maximum atomic E-state index is 10.5. The molecule has 0 saturated carbocycles. The number of rotatable bonds is 5. The van der Waals surface area contributed by atoms with Gasteiger partial charge < -0.3 is 35.1 Å². The molecule has 2 aliphatic heterocycles. The normalized spacial score (nSPS) is 29.9. The number of hydrogen-bond donors (Lipinski definition) is 4. The van der Waals surface area contributed by atoms with E-state index < -0.39 is 24.5 Å². The Labute approximate surface area is 166 Å². The first kappa shape index (κ1) is 19.2. The van der Waals surface area contributed by atoms with Crippen molar-refractivity contribution in [3.63, 3.8) is 0 Å². The second kappa shape index (κ2) is 8.09. The van der Waals surface area contributed by atoms with E-state index in [9.17, 15) is 10.2 Å². The zero-order chi connectivity index (χ0) is 19.7. The lowest BCUT2D eigenvalue weighted by atomic mass is 10.1. The number of nitrogens with zero attached hydrogens (tertiary/aromatic N) is 4. The van der Waals surface area contributed by atoms with E-state index in [4.69, 9.17) is 26.4 Å². The predicted molar refractivity (Wildman–Crippen MR) is 102 cm³/mol. The lowest BCUT2D eigenvalue weighted by molar-refractivity contribution is -0.0333. The highest BCUT2D eigenvalue weighted by Gasteiger charge is 2.44. The molecule has 0 spiro atoms. The summed E-state index contributed by atoms with van der Waals surface area (Å²) in [5.41, 5.74) is 1.05. The van der Waals surface area contributed by atoms with Crippen LogP contribution in [0.4, 0.5) is 5.82 Å². The van der Waals surface area contributed by atoms with Crippen molar-refractivity contribution in [1.29, 1.82) is 0 Å². The molecule has 4 heterocycles. The summed E-state index contributed by atoms with van der Waals surface area (Å²) in [4.78, 5) is 12.9. The number of aliphatic hydroxyl groups excluding tert-OH is 2. The first-order chi connectivity index (χ1) is 13.6. The van der Waals surface area contributed by atoms with Gasteiger partial charge >= 0.3 is 0 Å². The van der Waals surface area contributed by atoms with Gasteiger partial charge in [0.1, 0.15) is 24.6 Å². The van der Waals surface area contributed by atoms with Crippen molar-refractivity contribution in [2.75, 3.05) is 32.2 Å². The highest BCUT2D eigenvalue weighted by atomic mass is 32.1. The number of anilines is 1. The largest absolute Gasteiger partial charge is 0.474 e. The molecular weight excluding hydrogens is 388 g/mol. The van der Waals surface area contributed by atoms with Gasteiger partial charge in [-0.15, -0.1) is 0 Å². The van der Waals surface area contributed by atoms with Gasteiger partial charge in [0.05, 0.1) is 26.1 Å². The van der Waals surface area contributed by atoms with Crippen molar-refractivity contribution in [2.24, 2.45) is 0 Å². The number of thiocarbonyl (C=S) groups is 1. The second-order valence-corrected chi connectivity index (χ2v) is 7.04. The van der Waals surface area contributed by atoms with Crippen LogP contribution in [0.25, 0.3) is 11.2 Å². The van der Waals surface area contributed by atoms with Crippen molar-refractivity contribution >= 4 is 34.4 Å². The number of aliphatic hydroxyl groups is 2. The summed E-state index contributed by atoms with van der Waals surface area (Å²) in [5, 5.41) is 27.1. The Hall–Kier alpha value is -2.12. The molecule has 28 heavy (non-hydrogen) atoms. The topological polar surface area (TPSA) is 136 Å². The number of aromatic nitrogens is 4. The van der Waals surface area contributed by atoms with Crippen LogP contribution in [0.15, 0.2) is 12.7 Å². The summed E-state index contributed by atoms with van der Waals surface area (Å²) < 4.78 is 17.7. The minimum Gasteiger partial charge on any atom is -0.474 e. The molecule has 4 N–H and O–H groups in total. The summed E-state index contributed by atoms with van der Waals surface area (Å²) in [7, 11) is 1.44. The van der Waals surface area contributed by atoms with E-state index in [1.54, 1.807) is 4.57 Å². The monoisotopic (exact) mass is 410 g/mol. The lowest BCUT2D eigenvalue weighted by Crippen LogP contribution is -2.39. The quantitative estimate of drug-likeness (QED) is 0.460. The number of fused-ring (bicyclic) bond motifs is 1. The molecule has 0 amide bonds. The van der Waals surface area contributed by atoms with E-state index in [1.165, 1.54) is 19.8 Å². The molecule has 11 nitrogen and oxygen atoms in total. The van der Waals surface area contributed by atoms with Crippen molar-refractivity contribution in [3.8, 4) is 0 Å². The third-order valence-corrected chi connectivity index (χ3v) is 5.18. The van der Waals surface area contributed by atoms with Crippen LogP contribution >= 0.6 is 12.2 Å². The Bertz CT molecular complexity index is 844. The van der Waals surface area contributed by atoms with Crippen molar-refractivity contribution in [2.45, 2.75) is 37.0 Å². The molecule has 2 aromatic rings. The molecule has 0 aromatic carbocycles. The number of hydrogen-bond acceptors (Lipinski definition) is 10. The molecule has 5 atom stereocenters. The summed E-state index contributed by atoms with van der Waals surface area (Å²) in [6.45, 7) is 1.51. The van der Waals surface area contributed by atoms with Crippen LogP contribution in [0.5, 0.6) is 0 Å². The van der Waals surface area contributed by atoms with Crippen molar-refractivity contribution in [3.05, 3.63) is 12.7 Å². The Morgan fingerprint density at radius 2 is 2.21 bits per heavy atom. The standard InChI is InChI=1S/C16H22N6O5S/c1-25-16(28)17-4-9-11(23)12(24)15(27-9)22-7-20-10-13(18-6-19-14(10)22)21-8-2-3-26-5-8/h6-9,11-12,15,23-24H,2-5H2,1H3,(H,17,28)(H,18,19,21)/t8-,9-,11-,12-,15?/m1/s1. The third kappa shape index (κ3) is 3.61. The van der Waals surface area contributed by atoms with E-state index in [1.807, 2.05) is 0 Å². The second-order valence-electron chi connectivity index (χ2n) is 6.67. The van der Waals surface area contributed by atoms with Crippen LogP contribution in [-0.2, 0) is 14.2 Å². The Balaban J connectivity index is 1.54. The van der Waals surface area contributed by atoms with Gasteiger partial charge in [-0.25, -0.2) is 15.0 Å². The molecule has 2 aromatic heterocycles. The molecule has 0 aliphatic carbocycles. The van der Waals surface area contributed by atoms with E-state index in [2.05, 4.69) is 25.6 Å². The minimum atomic E-state index is -1.16. The van der Waals surface area contributed by atoms with Crippen molar-refractivity contribution in [1.82, 2.24) is 24.8 Å². The van der Waals surface area contributed by atoms with Crippen molar-refractivity contribution < 1.29 is 24.4 Å². The molecule has 2 aliphatic rings. The molecule has 1 unspecified atom stereocenters. The van der Waals surface area contributed by atoms with Crippen LogP contribution in [0.2, 0.25) is 0 Å². The summed E-state index contributed by atoms with van der Waals surface area (Å²) in [6, 6.07) is 0.165. The van der Waals surface area contributed by atoms with Crippen LogP contribution in [0.1, 0.15) is 12.6 Å². The molecule has 0 bridgehead atoms. The summed E-state index contributed by atoms with van der Waals surface area (Å²) in [5.74, 6) is 0.593. The third-order valence-electron chi connectivity index (χ3n) is 4.87. The van der Waals surface area contributed by atoms with E-state index in [0.29, 0.717) is 30.2 Å². The molecule has 4 rings (SSSR count). The highest BCUT2D eigenvalue weighted by Crippen LogP contribution is 2.32. The zero-order valence-electron chi connectivity index (χ0n) is 15.2. The average Bonchev–Trinajstić information content (AvgIpc) is 3.42. The number of nitrogens with one attached hydrogen (secondary N) is 2. The smallest absolute Gasteiger partial charge is 0.256 e. The molecule has 2 saturated heterocycles. The fourth-order valence-corrected chi connectivity index (χ4v) is 3.45. The fraction of sp³-hybridized carbons (Fsp3) is 0.625. The zero-order valence-corrected chi connectivity index (χ0v) is 16.0. The van der Waals surface area contributed by atoms with Gasteiger partial charge in [-0.2, -0.15) is 0 Å². The lowest BCUT2D eigenvalue weighted by Gasteiger charge is -2.17. The molecule has 0 radical (unpaired) electrons. The fourth-order valence-electron chi connectivity index (χ4n) is 3.37. The number of ether oxygens (including phenoxy) is 3. The Morgan fingerprint density at radius 3 is 2.96 bits per heavy atom. The summed E-state index contributed by atoms with van der Waals surface area (Å²) >= 11 is 4.92. The maximum Gasteiger partial charge on any atom is 0.256 e. The molecule has 152 valence electrons. The first-order valence-corrected chi connectivity index (χ1v) is 9.34. The minimum absolute atomic E-state index is 0.165. The van der Waals surface area contributed by atoms with Gasteiger partial charge in [0.15, 0.2) is 23.2 Å². The molecular formula is C16H22N6O5S. The van der Waals surface area contributed by atoms with E-state index in [0.717, 1.165) is 6.42 Å². The van der Waals surface area contributed by atoms with Crippen LogP contribution in [0, 0.1) is 0 Å².